The van der Waals surface area contributed by atoms with E-state index in [4.69, 9.17) is 0 Å². The number of nitrogens with zero attached hydrogens (tertiary/aromatic N) is 3. The van der Waals surface area contributed by atoms with E-state index in [-0.39, 0.29) is 12.1 Å². The van der Waals surface area contributed by atoms with Crippen molar-refractivity contribution in [2.24, 2.45) is 0 Å². The number of H-pyrrole nitrogens is 1. The number of benzene rings is 1. The summed E-state index contributed by atoms with van der Waals surface area (Å²) in [6, 6.07) is 11.4. The van der Waals surface area contributed by atoms with Gasteiger partial charge in [-0.15, -0.1) is 0 Å². The smallest absolute Gasteiger partial charge is 0.266 e. The molecule has 0 unspecified atom stereocenters. The van der Waals surface area contributed by atoms with Crippen LogP contribution in [-0.4, -0.2) is 37.7 Å². The average molecular weight is 393 g/mol. The quantitative estimate of drug-likeness (QED) is 0.618. The number of aromatic amines is 1. The van der Waals surface area contributed by atoms with Crippen LogP contribution in [0.5, 0.6) is 0 Å². The molecule has 7 heteroatoms. The highest BCUT2D eigenvalue weighted by atomic mass is 16.3. The second-order valence-corrected chi connectivity index (χ2v) is 7.94. The third-order valence-electron chi connectivity index (χ3n) is 5.66. The molecule has 3 aromatic rings. The summed E-state index contributed by atoms with van der Waals surface area (Å²) in [5, 5.41) is 26.1. The summed E-state index contributed by atoms with van der Waals surface area (Å²) >= 11 is 0. The lowest BCUT2D eigenvalue weighted by atomic mass is 9.85. The molecule has 0 saturated heterocycles. The van der Waals surface area contributed by atoms with E-state index in [2.05, 4.69) is 26.7 Å². The normalized spacial score (nSPS) is 16.0. The zero-order valence-electron chi connectivity index (χ0n) is 16.9. The maximum atomic E-state index is 12.5. The van der Waals surface area contributed by atoms with E-state index in [0.717, 1.165) is 41.6 Å². The van der Waals surface area contributed by atoms with E-state index in [1.807, 2.05) is 25.1 Å². The lowest BCUT2D eigenvalue weighted by Crippen LogP contribution is -2.40. The fourth-order valence-electron chi connectivity index (χ4n) is 4.12. The van der Waals surface area contributed by atoms with Crippen molar-refractivity contribution < 1.29 is 5.11 Å². The Balaban J connectivity index is 1.77. The Labute approximate surface area is 169 Å². The molecule has 1 fully saturated rings. The molecule has 0 atom stereocenters. The topological polar surface area (TPSA) is 95.8 Å². The molecule has 7 nitrogen and oxygen atoms in total. The maximum absolute atomic E-state index is 12.5. The van der Waals surface area contributed by atoms with Gasteiger partial charge in [0.1, 0.15) is 0 Å². The van der Waals surface area contributed by atoms with Gasteiger partial charge in [0, 0.05) is 18.7 Å². The van der Waals surface area contributed by atoms with Gasteiger partial charge in [-0.25, -0.2) is 4.68 Å². The molecule has 3 N–H and O–H groups in total. The number of aromatic nitrogens is 4. The van der Waals surface area contributed by atoms with Crippen molar-refractivity contribution in [3.8, 4) is 22.5 Å². The molecule has 2 aromatic heterocycles. The Morgan fingerprint density at radius 1 is 1.21 bits per heavy atom. The summed E-state index contributed by atoms with van der Waals surface area (Å²) in [7, 11) is 1.81. The minimum atomic E-state index is -0.866. The third-order valence-corrected chi connectivity index (χ3v) is 5.66. The predicted octanol–water partition coefficient (Wildman–Crippen LogP) is 3.35. The summed E-state index contributed by atoms with van der Waals surface area (Å²) in [6.07, 6.45) is 4.49. The number of aryl methyl sites for hydroxylation is 1. The fraction of sp³-hybridized carbons (Fsp3) is 0.409. The van der Waals surface area contributed by atoms with Gasteiger partial charge in [-0.05, 0) is 31.9 Å². The van der Waals surface area contributed by atoms with E-state index >= 15 is 0 Å². The average Bonchev–Trinajstić information content (AvgIpc) is 3.14. The molecule has 0 bridgehead atoms. The lowest BCUT2D eigenvalue weighted by molar-refractivity contribution is -0.0153. The second-order valence-electron chi connectivity index (χ2n) is 7.94. The van der Waals surface area contributed by atoms with Gasteiger partial charge >= 0.3 is 0 Å². The summed E-state index contributed by atoms with van der Waals surface area (Å²) in [4.78, 5) is 12.5. The van der Waals surface area contributed by atoms with Crippen LogP contribution in [0.1, 0.15) is 37.7 Å². The van der Waals surface area contributed by atoms with Crippen molar-refractivity contribution >= 4 is 5.82 Å². The van der Waals surface area contributed by atoms with E-state index in [1.165, 1.54) is 10.7 Å². The van der Waals surface area contributed by atoms with Crippen LogP contribution in [0.2, 0.25) is 0 Å². The van der Waals surface area contributed by atoms with Gasteiger partial charge in [-0.3, -0.25) is 9.89 Å². The second kappa shape index (κ2) is 7.83. The predicted molar refractivity (Wildman–Crippen MR) is 114 cm³/mol. The Hall–Kier alpha value is -2.93. The molecule has 1 saturated carbocycles. The van der Waals surface area contributed by atoms with Crippen LogP contribution >= 0.6 is 0 Å². The molecular formula is C22H27N5O2. The molecule has 152 valence electrons. The molecule has 0 spiro atoms. The van der Waals surface area contributed by atoms with Gasteiger partial charge in [-0.2, -0.15) is 10.2 Å². The Morgan fingerprint density at radius 2 is 2.00 bits per heavy atom. The first-order valence-electron chi connectivity index (χ1n) is 10.1. The molecule has 1 aliphatic rings. The summed E-state index contributed by atoms with van der Waals surface area (Å²) in [5.41, 5.74) is 3.36. The summed E-state index contributed by atoms with van der Waals surface area (Å²) in [5.74, 6) is 0.663. The van der Waals surface area contributed by atoms with Crippen LogP contribution in [0.4, 0.5) is 5.82 Å². The zero-order chi connectivity index (χ0) is 20.4. The number of hydrogen-bond acceptors (Lipinski definition) is 5. The van der Waals surface area contributed by atoms with Gasteiger partial charge in [0.05, 0.1) is 29.1 Å². The highest BCUT2D eigenvalue weighted by Crippen LogP contribution is 2.35. The number of rotatable bonds is 5. The summed E-state index contributed by atoms with van der Waals surface area (Å²) in [6.45, 7) is 2.26. The first-order valence-corrected chi connectivity index (χ1v) is 10.1. The van der Waals surface area contributed by atoms with Crippen molar-refractivity contribution in [1.82, 2.24) is 20.0 Å². The largest absolute Gasteiger partial charge is 0.388 e. The molecule has 4 rings (SSSR count). The van der Waals surface area contributed by atoms with E-state index in [0.29, 0.717) is 24.4 Å². The molecule has 0 radical (unpaired) electrons. The standard InChI is InChI=1S/C22H27N5O2/c1-15-7-6-8-16(13-15)20-19(21(23-2)25-24-20)17-9-10-18(28)27(26-17)14-22(29)11-4-3-5-12-22/h6-10,13,29H,3-5,11-12,14H2,1-2H3,(H2,23,24,25). The highest BCUT2D eigenvalue weighted by Gasteiger charge is 2.30. The molecule has 29 heavy (non-hydrogen) atoms. The molecule has 1 aliphatic carbocycles. The first kappa shape index (κ1) is 19.4. The number of nitrogens with one attached hydrogen (secondary N) is 2. The maximum Gasteiger partial charge on any atom is 0.266 e. The monoisotopic (exact) mass is 393 g/mol. The Bertz CT molecular complexity index is 1060. The summed E-state index contributed by atoms with van der Waals surface area (Å²) < 4.78 is 1.40. The minimum absolute atomic E-state index is 0.209. The molecule has 0 amide bonds. The van der Waals surface area contributed by atoms with Gasteiger partial charge in [0.15, 0.2) is 5.82 Å². The number of anilines is 1. The fourth-order valence-corrected chi connectivity index (χ4v) is 4.12. The molecule has 1 aromatic carbocycles. The van der Waals surface area contributed by atoms with Crippen molar-refractivity contribution in [1.29, 1.82) is 0 Å². The van der Waals surface area contributed by atoms with Gasteiger partial charge in [-0.1, -0.05) is 43.0 Å². The Kier molecular flexibility index (Phi) is 5.24. The SMILES string of the molecule is CNc1n[nH]c(-c2cccc(C)c2)c1-c1ccc(=O)n(CC2(O)CCCCC2)n1. The third kappa shape index (κ3) is 3.96. The van der Waals surface area contributed by atoms with Gasteiger partial charge in [0.2, 0.25) is 0 Å². The number of aliphatic hydroxyl groups is 1. The van der Waals surface area contributed by atoms with Crippen LogP contribution in [0.3, 0.4) is 0 Å². The van der Waals surface area contributed by atoms with Crippen molar-refractivity contribution in [3.63, 3.8) is 0 Å². The highest BCUT2D eigenvalue weighted by molar-refractivity contribution is 5.87. The van der Waals surface area contributed by atoms with Crippen LogP contribution in [0.15, 0.2) is 41.2 Å². The van der Waals surface area contributed by atoms with Gasteiger partial charge < -0.3 is 10.4 Å². The Morgan fingerprint density at radius 3 is 2.72 bits per heavy atom. The molecular weight excluding hydrogens is 366 g/mol. The van der Waals surface area contributed by atoms with E-state index in [9.17, 15) is 9.90 Å². The van der Waals surface area contributed by atoms with Crippen molar-refractivity contribution in [2.75, 3.05) is 12.4 Å². The minimum Gasteiger partial charge on any atom is -0.388 e. The molecule has 0 aliphatic heterocycles. The molecule has 2 heterocycles. The van der Waals surface area contributed by atoms with Crippen molar-refractivity contribution in [2.45, 2.75) is 51.2 Å². The zero-order valence-corrected chi connectivity index (χ0v) is 16.9. The lowest BCUT2D eigenvalue weighted by Gasteiger charge is -2.32. The van der Waals surface area contributed by atoms with Crippen LogP contribution in [0.25, 0.3) is 22.5 Å². The van der Waals surface area contributed by atoms with Crippen LogP contribution in [0, 0.1) is 6.92 Å². The van der Waals surface area contributed by atoms with Crippen LogP contribution in [-0.2, 0) is 6.54 Å². The van der Waals surface area contributed by atoms with Crippen LogP contribution < -0.4 is 10.9 Å². The van der Waals surface area contributed by atoms with Gasteiger partial charge in [0.25, 0.3) is 5.56 Å². The van der Waals surface area contributed by atoms with Crippen molar-refractivity contribution in [3.05, 3.63) is 52.3 Å². The van der Waals surface area contributed by atoms with E-state index in [1.54, 1.807) is 13.1 Å². The first-order chi connectivity index (χ1) is 14.0. The van der Waals surface area contributed by atoms with E-state index < -0.39 is 5.60 Å². The number of hydrogen-bond donors (Lipinski definition) is 3.